The fourth-order valence-electron chi connectivity index (χ4n) is 1.67. The molecule has 2 aromatic rings. The zero-order valence-corrected chi connectivity index (χ0v) is 12.7. The van der Waals surface area contributed by atoms with E-state index in [1.54, 1.807) is 19.4 Å². The third kappa shape index (κ3) is 4.32. The van der Waals surface area contributed by atoms with Crippen LogP contribution in [0.3, 0.4) is 0 Å². The third-order valence-corrected chi connectivity index (χ3v) is 2.86. The first kappa shape index (κ1) is 15.1. The van der Waals surface area contributed by atoms with Crippen molar-refractivity contribution in [3.8, 4) is 17.4 Å². The molecule has 0 atom stereocenters. The molecule has 0 radical (unpaired) electrons. The average molecular weight is 303 g/mol. The lowest BCUT2D eigenvalue weighted by Gasteiger charge is -2.11. The number of hydrogen-bond donors (Lipinski definition) is 2. The Morgan fingerprint density at radius 3 is 2.57 bits per heavy atom. The van der Waals surface area contributed by atoms with Crippen molar-refractivity contribution in [2.45, 2.75) is 6.92 Å². The van der Waals surface area contributed by atoms with Crippen LogP contribution in [0.2, 0.25) is 0 Å². The first-order chi connectivity index (χ1) is 10.2. The SMILES string of the molecule is CCNC(=S)Nc1ccc(Oc2ccccc2OC)nc1. The molecule has 2 rings (SSSR count). The van der Waals surface area contributed by atoms with Crippen molar-refractivity contribution in [2.24, 2.45) is 0 Å². The van der Waals surface area contributed by atoms with Crippen LogP contribution in [0.4, 0.5) is 5.69 Å². The van der Waals surface area contributed by atoms with E-state index >= 15 is 0 Å². The topological polar surface area (TPSA) is 55.4 Å². The monoisotopic (exact) mass is 303 g/mol. The fraction of sp³-hybridized carbons (Fsp3) is 0.200. The highest BCUT2D eigenvalue weighted by Gasteiger charge is 2.05. The smallest absolute Gasteiger partial charge is 0.219 e. The second-order valence-electron chi connectivity index (χ2n) is 4.12. The Labute approximate surface area is 129 Å². The Morgan fingerprint density at radius 2 is 1.95 bits per heavy atom. The molecule has 110 valence electrons. The van der Waals surface area contributed by atoms with Gasteiger partial charge in [0, 0.05) is 12.6 Å². The standard InChI is InChI=1S/C15H17N3O2S/c1-3-16-15(21)18-11-8-9-14(17-10-11)20-13-7-5-4-6-12(13)19-2/h4-10H,3H2,1-2H3,(H2,16,18,21). The Morgan fingerprint density at radius 1 is 1.19 bits per heavy atom. The van der Waals surface area contributed by atoms with E-state index in [1.165, 1.54) is 0 Å². The summed E-state index contributed by atoms with van der Waals surface area (Å²) in [5.41, 5.74) is 0.799. The minimum Gasteiger partial charge on any atom is -0.493 e. The lowest BCUT2D eigenvalue weighted by atomic mass is 10.3. The van der Waals surface area contributed by atoms with Crippen LogP contribution in [0.1, 0.15) is 6.92 Å². The van der Waals surface area contributed by atoms with Gasteiger partial charge in [-0.25, -0.2) is 4.98 Å². The van der Waals surface area contributed by atoms with Crippen LogP contribution in [0.25, 0.3) is 0 Å². The Bertz CT molecular complexity index is 602. The predicted octanol–water partition coefficient (Wildman–Crippen LogP) is 3.19. The van der Waals surface area contributed by atoms with E-state index in [0.717, 1.165) is 12.2 Å². The number of nitrogens with one attached hydrogen (secondary N) is 2. The lowest BCUT2D eigenvalue weighted by molar-refractivity contribution is 0.374. The summed E-state index contributed by atoms with van der Waals surface area (Å²) < 4.78 is 10.9. The molecule has 0 unspecified atom stereocenters. The van der Waals surface area contributed by atoms with Gasteiger partial charge < -0.3 is 20.1 Å². The van der Waals surface area contributed by atoms with Crippen LogP contribution in [-0.2, 0) is 0 Å². The van der Waals surface area contributed by atoms with Gasteiger partial charge in [0.05, 0.1) is 19.0 Å². The Kier molecular flexibility index (Phi) is 5.34. The first-order valence-electron chi connectivity index (χ1n) is 6.54. The van der Waals surface area contributed by atoms with Crippen molar-refractivity contribution in [3.63, 3.8) is 0 Å². The van der Waals surface area contributed by atoms with Crippen molar-refractivity contribution in [2.75, 3.05) is 19.0 Å². The molecule has 6 heteroatoms. The number of rotatable bonds is 5. The summed E-state index contributed by atoms with van der Waals surface area (Å²) in [6.45, 7) is 2.75. The number of para-hydroxylation sites is 2. The van der Waals surface area contributed by atoms with Crippen LogP contribution in [0.15, 0.2) is 42.6 Å². The van der Waals surface area contributed by atoms with Crippen molar-refractivity contribution in [1.29, 1.82) is 0 Å². The molecule has 0 saturated carbocycles. The number of nitrogens with zero attached hydrogens (tertiary/aromatic N) is 1. The quantitative estimate of drug-likeness (QED) is 0.827. The fourth-order valence-corrected chi connectivity index (χ4v) is 1.93. The highest BCUT2D eigenvalue weighted by molar-refractivity contribution is 7.80. The summed E-state index contributed by atoms with van der Waals surface area (Å²) in [6.07, 6.45) is 1.66. The molecule has 0 fully saturated rings. The molecule has 1 aromatic carbocycles. The highest BCUT2D eigenvalue weighted by atomic mass is 32.1. The van der Waals surface area contributed by atoms with E-state index < -0.39 is 0 Å². The second-order valence-corrected chi connectivity index (χ2v) is 4.53. The molecule has 1 heterocycles. The van der Waals surface area contributed by atoms with Crippen LogP contribution >= 0.6 is 12.2 Å². The van der Waals surface area contributed by atoms with E-state index in [0.29, 0.717) is 22.5 Å². The minimum atomic E-state index is 0.486. The maximum atomic E-state index is 5.70. The Balaban J connectivity index is 2.04. The molecule has 0 bridgehead atoms. The molecule has 2 N–H and O–H groups in total. The maximum absolute atomic E-state index is 5.70. The number of ether oxygens (including phenoxy) is 2. The van der Waals surface area contributed by atoms with Crippen molar-refractivity contribution >= 4 is 23.0 Å². The van der Waals surface area contributed by atoms with Gasteiger partial charge in [0.2, 0.25) is 5.88 Å². The molecule has 0 aliphatic heterocycles. The largest absolute Gasteiger partial charge is 0.493 e. The number of aromatic nitrogens is 1. The number of methoxy groups -OCH3 is 1. The van der Waals surface area contributed by atoms with Gasteiger partial charge in [0.1, 0.15) is 0 Å². The second kappa shape index (κ2) is 7.44. The van der Waals surface area contributed by atoms with E-state index in [1.807, 2.05) is 37.3 Å². The van der Waals surface area contributed by atoms with E-state index in [9.17, 15) is 0 Å². The van der Waals surface area contributed by atoms with Crippen LogP contribution in [0.5, 0.6) is 17.4 Å². The molecule has 0 saturated heterocycles. The normalized spacial score (nSPS) is 9.81. The number of anilines is 1. The molecule has 5 nitrogen and oxygen atoms in total. The molecule has 0 aliphatic carbocycles. The zero-order valence-electron chi connectivity index (χ0n) is 11.9. The van der Waals surface area contributed by atoms with Gasteiger partial charge in [-0.1, -0.05) is 12.1 Å². The minimum absolute atomic E-state index is 0.486. The summed E-state index contributed by atoms with van der Waals surface area (Å²) in [7, 11) is 1.60. The lowest BCUT2D eigenvalue weighted by Crippen LogP contribution is -2.27. The Hall–Kier alpha value is -2.34. The predicted molar refractivity (Wildman–Crippen MR) is 87.2 cm³/mol. The average Bonchev–Trinajstić information content (AvgIpc) is 2.50. The van der Waals surface area contributed by atoms with Gasteiger partial charge >= 0.3 is 0 Å². The van der Waals surface area contributed by atoms with Gasteiger partial charge in [-0.2, -0.15) is 0 Å². The van der Waals surface area contributed by atoms with Gasteiger partial charge in [-0.05, 0) is 37.3 Å². The van der Waals surface area contributed by atoms with Crippen molar-refractivity contribution in [1.82, 2.24) is 10.3 Å². The van der Waals surface area contributed by atoms with Gasteiger partial charge in [0.25, 0.3) is 0 Å². The summed E-state index contributed by atoms with van der Waals surface area (Å²) in [5.74, 6) is 1.77. The third-order valence-electron chi connectivity index (χ3n) is 2.62. The molecule has 21 heavy (non-hydrogen) atoms. The van der Waals surface area contributed by atoms with Gasteiger partial charge in [-0.3, -0.25) is 0 Å². The molecule has 1 aromatic heterocycles. The van der Waals surface area contributed by atoms with Crippen molar-refractivity contribution in [3.05, 3.63) is 42.6 Å². The maximum Gasteiger partial charge on any atom is 0.219 e. The first-order valence-corrected chi connectivity index (χ1v) is 6.95. The summed E-state index contributed by atoms with van der Waals surface area (Å²) >= 11 is 5.11. The molecule has 0 spiro atoms. The molecule has 0 amide bonds. The molecular formula is C15H17N3O2S. The molecule has 0 aliphatic rings. The number of benzene rings is 1. The number of thiocarbonyl (C=S) groups is 1. The number of hydrogen-bond acceptors (Lipinski definition) is 4. The highest BCUT2D eigenvalue weighted by Crippen LogP contribution is 2.30. The van der Waals surface area contributed by atoms with Gasteiger partial charge in [0.15, 0.2) is 16.6 Å². The van der Waals surface area contributed by atoms with Gasteiger partial charge in [-0.15, -0.1) is 0 Å². The number of pyridine rings is 1. The van der Waals surface area contributed by atoms with E-state index in [2.05, 4.69) is 15.6 Å². The van der Waals surface area contributed by atoms with E-state index in [4.69, 9.17) is 21.7 Å². The summed E-state index contributed by atoms with van der Waals surface area (Å²) in [5, 5.41) is 6.61. The van der Waals surface area contributed by atoms with Crippen molar-refractivity contribution < 1.29 is 9.47 Å². The molecular weight excluding hydrogens is 286 g/mol. The van der Waals surface area contributed by atoms with E-state index in [-0.39, 0.29) is 0 Å². The van der Waals surface area contributed by atoms with Crippen LogP contribution in [0, 0.1) is 0 Å². The zero-order chi connectivity index (χ0) is 15.1. The summed E-state index contributed by atoms with van der Waals surface area (Å²) in [4.78, 5) is 4.23. The van der Waals surface area contributed by atoms with Crippen LogP contribution in [-0.4, -0.2) is 23.8 Å². The van der Waals surface area contributed by atoms with Crippen LogP contribution < -0.4 is 20.1 Å². The summed E-state index contributed by atoms with van der Waals surface area (Å²) in [6, 6.07) is 11.0.